The van der Waals surface area contributed by atoms with E-state index in [-0.39, 0.29) is 12.0 Å². The number of unbranched alkanes of at least 4 members (excludes halogenated alkanes) is 1. The summed E-state index contributed by atoms with van der Waals surface area (Å²) < 4.78 is 4.90. The van der Waals surface area contributed by atoms with Crippen molar-refractivity contribution in [2.75, 3.05) is 19.7 Å². The molecular formula is C14H27NO3. The molecule has 4 heteroatoms. The summed E-state index contributed by atoms with van der Waals surface area (Å²) >= 11 is 0. The van der Waals surface area contributed by atoms with Crippen LogP contribution in [-0.4, -0.2) is 47.3 Å². The second-order valence-corrected chi connectivity index (χ2v) is 5.61. The third-order valence-electron chi connectivity index (χ3n) is 3.56. The summed E-state index contributed by atoms with van der Waals surface area (Å²) in [5.41, 5.74) is -0.627. The third-order valence-corrected chi connectivity index (χ3v) is 3.56. The highest BCUT2D eigenvalue weighted by Gasteiger charge is 2.35. The molecule has 4 nitrogen and oxygen atoms in total. The first kappa shape index (κ1) is 15.4. The van der Waals surface area contributed by atoms with E-state index in [9.17, 15) is 9.90 Å². The molecule has 1 rings (SSSR count). The lowest BCUT2D eigenvalue weighted by molar-refractivity contribution is -0.143. The van der Waals surface area contributed by atoms with Crippen LogP contribution < -0.4 is 0 Å². The fraction of sp³-hybridized carbons (Fsp3) is 0.929. The quantitative estimate of drug-likeness (QED) is 0.559. The number of aliphatic hydroxyl groups is 1. The SMILES string of the molecule is CCOC(=O)CCCCN1CCCC1C(C)(C)O. The van der Waals surface area contributed by atoms with Gasteiger partial charge in [0.25, 0.3) is 0 Å². The maximum Gasteiger partial charge on any atom is 0.305 e. The lowest BCUT2D eigenvalue weighted by atomic mass is 9.96. The van der Waals surface area contributed by atoms with Crippen LogP contribution >= 0.6 is 0 Å². The van der Waals surface area contributed by atoms with E-state index >= 15 is 0 Å². The highest BCUT2D eigenvalue weighted by atomic mass is 16.5. The Kier molecular flexibility index (Phi) is 6.09. The molecular weight excluding hydrogens is 230 g/mol. The lowest BCUT2D eigenvalue weighted by Crippen LogP contribution is -2.45. The summed E-state index contributed by atoms with van der Waals surface area (Å²) in [7, 11) is 0. The van der Waals surface area contributed by atoms with Gasteiger partial charge in [-0.15, -0.1) is 0 Å². The maximum atomic E-state index is 11.2. The predicted octanol–water partition coefficient (Wildman–Crippen LogP) is 1.96. The van der Waals surface area contributed by atoms with Crippen LogP contribution in [0.5, 0.6) is 0 Å². The highest BCUT2D eigenvalue weighted by Crippen LogP contribution is 2.26. The first-order valence-electron chi connectivity index (χ1n) is 7.07. The molecule has 0 aromatic carbocycles. The number of carbonyl (C=O) groups is 1. The lowest BCUT2D eigenvalue weighted by Gasteiger charge is -2.33. The number of likely N-dealkylation sites (tertiary alicyclic amines) is 1. The van der Waals surface area contributed by atoms with Crippen LogP contribution in [0.2, 0.25) is 0 Å². The van der Waals surface area contributed by atoms with Crippen molar-refractivity contribution in [3.8, 4) is 0 Å². The molecule has 0 spiro atoms. The molecule has 18 heavy (non-hydrogen) atoms. The number of carbonyl (C=O) groups excluding carboxylic acids is 1. The summed E-state index contributed by atoms with van der Waals surface area (Å²) in [4.78, 5) is 13.5. The Morgan fingerprint density at radius 2 is 2.17 bits per heavy atom. The van der Waals surface area contributed by atoms with E-state index in [1.165, 1.54) is 0 Å². The van der Waals surface area contributed by atoms with Crippen LogP contribution in [0.25, 0.3) is 0 Å². The summed E-state index contributed by atoms with van der Waals surface area (Å²) in [6.45, 7) is 8.09. The van der Waals surface area contributed by atoms with Crippen LogP contribution in [0, 0.1) is 0 Å². The minimum atomic E-state index is -0.627. The Bertz CT molecular complexity index is 260. The van der Waals surface area contributed by atoms with Crippen LogP contribution in [-0.2, 0) is 9.53 Å². The minimum absolute atomic E-state index is 0.0991. The van der Waals surface area contributed by atoms with Crippen LogP contribution in [0.1, 0.15) is 52.9 Å². The topological polar surface area (TPSA) is 49.8 Å². The average molecular weight is 257 g/mol. The summed E-state index contributed by atoms with van der Waals surface area (Å²) in [6, 6.07) is 0.264. The second kappa shape index (κ2) is 7.10. The summed E-state index contributed by atoms with van der Waals surface area (Å²) in [5, 5.41) is 10.1. The molecule has 0 aromatic rings. The first-order valence-corrected chi connectivity index (χ1v) is 7.07. The fourth-order valence-electron chi connectivity index (χ4n) is 2.71. The van der Waals surface area contributed by atoms with Gasteiger partial charge in [-0.3, -0.25) is 9.69 Å². The zero-order valence-electron chi connectivity index (χ0n) is 11.9. The monoisotopic (exact) mass is 257 g/mol. The largest absolute Gasteiger partial charge is 0.466 e. The number of rotatable bonds is 7. The molecule has 0 saturated carbocycles. The van der Waals surface area contributed by atoms with Gasteiger partial charge >= 0.3 is 5.97 Å². The normalized spacial score (nSPS) is 21.2. The van der Waals surface area contributed by atoms with E-state index < -0.39 is 5.60 Å². The Labute approximate surface area is 110 Å². The Morgan fingerprint density at radius 3 is 2.78 bits per heavy atom. The molecule has 0 radical (unpaired) electrons. The second-order valence-electron chi connectivity index (χ2n) is 5.61. The first-order chi connectivity index (χ1) is 8.45. The molecule has 1 aliphatic heterocycles. The van der Waals surface area contributed by atoms with Gasteiger partial charge < -0.3 is 9.84 Å². The van der Waals surface area contributed by atoms with E-state index in [1.807, 2.05) is 20.8 Å². The minimum Gasteiger partial charge on any atom is -0.466 e. The van der Waals surface area contributed by atoms with Gasteiger partial charge in [0.15, 0.2) is 0 Å². The molecule has 0 amide bonds. The Balaban J connectivity index is 2.21. The third kappa shape index (κ3) is 4.94. The molecule has 1 aliphatic rings. The van der Waals surface area contributed by atoms with Gasteiger partial charge in [-0.25, -0.2) is 0 Å². The van der Waals surface area contributed by atoms with Crippen LogP contribution in [0.3, 0.4) is 0 Å². The van der Waals surface area contributed by atoms with Gasteiger partial charge in [0.2, 0.25) is 0 Å². The zero-order valence-corrected chi connectivity index (χ0v) is 11.9. The standard InChI is InChI=1S/C14H27NO3/c1-4-18-13(16)9-5-6-10-15-11-7-8-12(15)14(2,3)17/h12,17H,4-11H2,1-3H3. The van der Waals surface area contributed by atoms with E-state index in [0.717, 1.165) is 38.8 Å². The van der Waals surface area contributed by atoms with E-state index in [4.69, 9.17) is 4.74 Å². The molecule has 1 unspecified atom stereocenters. The average Bonchev–Trinajstić information content (AvgIpc) is 2.72. The van der Waals surface area contributed by atoms with E-state index in [2.05, 4.69) is 4.90 Å². The number of esters is 1. The Hall–Kier alpha value is -0.610. The molecule has 1 heterocycles. The zero-order chi connectivity index (χ0) is 13.6. The smallest absolute Gasteiger partial charge is 0.305 e. The van der Waals surface area contributed by atoms with Crippen molar-refractivity contribution >= 4 is 5.97 Å². The highest BCUT2D eigenvalue weighted by molar-refractivity contribution is 5.69. The number of ether oxygens (including phenoxy) is 1. The van der Waals surface area contributed by atoms with Crippen molar-refractivity contribution < 1.29 is 14.6 Å². The summed E-state index contributed by atoms with van der Waals surface area (Å²) in [5.74, 6) is -0.0991. The molecule has 1 N–H and O–H groups in total. The van der Waals surface area contributed by atoms with E-state index in [1.54, 1.807) is 0 Å². The van der Waals surface area contributed by atoms with Gasteiger partial charge in [-0.1, -0.05) is 0 Å². The van der Waals surface area contributed by atoms with Gasteiger partial charge in [0, 0.05) is 12.5 Å². The number of nitrogens with zero attached hydrogens (tertiary/aromatic N) is 1. The van der Waals surface area contributed by atoms with Crippen molar-refractivity contribution in [2.24, 2.45) is 0 Å². The summed E-state index contributed by atoms with van der Waals surface area (Å²) in [6.07, 6.45) is 4.60. The van der Waals surface area contributed by atoms with Gasteiger partial charge in [0.05, 0.1) is 12.2 Å². The molecule has 106 valence electrons. The van der Waals surface area contributed by atoms with Crippen molar-refractivity contribution in [3.63, 3.8) is 0 Å². The van der Waals surface area contributed by atoms with Gasteiger partial charge in [-0.2, -0.15) is 0 Å². The number of hydrogen-bond donors (Lipinski definition) is 1. The molecule has 1 atom stereocenters. The van der Waals surface area contributed by atoms with Gasteiger partial charge in [-0.05, 0) is 59.5 Å². The molecule has 0 bridgehead atoms. The van der Waals surface area contributed by atoms with Crippen LogP contribution in [0.15, 0.2) is 0 Å². The molecule has 0 aromatic heterocycles. The predicted molar refractivity (Wildman–Crippen MR) is 71.4 cm³/mol. The van der Waals surface area contributed by atoms with Crippen molar-refractivity contribution in [1.29, 1.82) is 0 Å². The van der Waals surface area contributed by atoms with Crippen molar-refractivity contribution in [3.05, 3.63) is 0 Å². The van der Waals surface area contributed by atoms with Gasteiger partial charge in [0.1, 0.15) is 0 Å². The maximum absolute atomic E-state index is 11.2. The molecule has 0 aliphatic carbocycles. The fourth-order valence-corrected chi connectivity index (χ4v) is 2.71. The van der Waals surface area contributed by atoms with E-state index in [0.29, 0.717) is 13.0 Å². The molecule has 1 saturated heterocycles. The van der Waals surface area contributed by atoms with Crippen molar-refractivity contribution in [2.45, 2.75) is 64.5 Å². The number of hydrogen-bond acceptors (Lipinski definition) is 4. The van der Waals surface area contributed by atoms with Crippen LogP contribution in [0.4, 0.5) is 0 Å². The van der Waals surface area contributed by atoms with Crippen molar-refractivity contribution in [1.82, 2.24) is 4.90 Å². The Morgan fingerprint density at radius 1 is 1.44 bits per heavy atom. The molecule has 1 fully saturated rings.